The van der Waals surface area contributed by atoms with Gasteiger partial charge in [-0.05, 0) is 56.2 Å². The summed E-state index contributed by atoms with van der Waals surface area (Å²) >= 11 is 0. The maximum Gasteiger partial charge on any atom is 0.192 e. The summed E-state index contributed by atoms with van der Waals surface area (Å²) in [5, 5.41) is 0. The summed E-state index contributed by atoms with van der Waals surface area (Å²) in [6, 6.07) is 6.27. The molecule has 0 unspecified atom stereocenters. The van der Waals surface area contributed by atoms with Crippen molar-refractivity contribution in [2.45, 2.75) is 84.5 Å². The SMILES string of the molecule is CCCCC(=O)CCCCCCC=CCCc1ccc2oc(C)nc2c1. The number of carbonyl (C=O) groups is 1. The molecule has 0 aliphatic rings. The number of aromatic nitrogens is 1. The number of Topliss-reactive ketones (excluding diaryl/α,β-unsaturated/α-hetero) is 1. The molecule has 0 amide bonds. The number of benzene rings is 1. The Morgan fingerprint density at radius 2 is 1.81 bits per heavy atom. The van der Waals surface area contributed by atoms with Gasteiger partial charge in [-0.2, -0.15) is 0 Å². The maximum atomic E-state index is 11.6. The molecule has 0 fully saturated rings. The Bertz CT molecular complexity index is 699. The van der Waals surface area contributed by atoms with Gasteiger partial charge in [-0.3, -0.25) is 4.79 Å². The van der Waals surface area contributed by atoms with Crippen molar-refractivity contribution in [3.63, 3.8) is 0 Å². The van der Waals surface area contributed by atoms with E-state index in [0.717, 1.165) is 68.4 Å². The van der Waals surface area contributed by atoms with Crippen molar-refractivity contribution in [2.24, 2.45) is 0 Å². The minimum atomic E-state index is 0.450. The number of nitrogens with zero attached hydrogens (tertiary/aromatic N) is 1. The average Bonchev–Trinajstić information content (AvgIpc) is 3.00. The summed E-state index contributed by atoms with van der Waals surface area (Å²) in [5.74, 6) is 1.17. The van der Waals surface area contributed by atoms with Gasteiger partial charge in [0, 0.05) is 19.8 Å². The third-order valence-electron chi connectivity index (χ3n) is 4.71. The van der Waals surface area contributed by atoms with Crippen LogP contribution in [0.5, 0.6) is 0 Å². The summed E-state index contributed by atoms with van der Waals surface area (Å²) < 4.78 is 5.51. The van der Waals surface area contributed by atoms with E-state index in [-0.39, 0.29) is 0 Å². The van der Waals surface area contributed by atoms with E-state index in [2.05, 4.69) is 36.2 Å². The molecule has 142 valence electrons. The van der Waals surface area contributed by atoms with Crippen molar-refractivity contribution in [3.8, 4) is 0 Å². The molecule has 3 heteroatoms. The molecule has 0 bridgehead atoms. The highest BCUT2D eigenvalue weighted by Gasteiger charge is 2.02. The summed E-state index contributed by atoms with van der Waals surface area (Å²) in [7, 11) is 0. The lowest BCUT2D eigenvalue weighted by molar-refractivity contribution is -0.119. The molecule has 26 heavy (non-hydrogen) atoms. The second-order valence-corrected chi connectivity index (χ2v) is 7.14. The summed E-state index contributed by atoms with van der Waals surface area (Å²) in [5.41, 5.74) is 3.13. The zero-order chi connectivity index (χ0) is 18.6. The van der Waals surface area contributed by atoms with Crippen LogP contribution in [0.1, 0.15) is 82.6 Å². The van der Waals surface area contributed by atoms with Crippen molar-refractivity contribution in [1.82, 2.24) is 4.98 Å². The molecular weight excluding hydrogens is 322 g/mol. The highest BCUT2D eigenvalue weighted by atomic mass is 16.3. The molecular formula is C23H33NO2. The number of carbonyl (C=O) groups excluding carboxylic acids is 1. The Hall–Kier alpha value is -1.90. The van der Waals surface area contributed by atoms with Gasteiger partial charge < -0.3 is 4.42 Å². The lowest BCUT2D eigenvalue weighted by Crippen LogP contribution is -1.96. The van der Waals surface area contributed by atoms with Crippen LogP contribution < -0.4 is 0 Å². The van der Waals surface area contributed by atoms with Gasteiger partial charge in [-0.15, -0.1) is 0 Å². The summed E-state index contributed by atoms with van der Waals surface area (Å²) in [4.78, 5) is 16.0. The first kappa shape index (κ1) is 20.4. The van der Waals surface area contributed by atoms with E-state index in [1.54, 1.807) is 0 Å². The third-order valence-corrected chi connectivity index (χ3v) is 4.71. The quantitative estimate of drug-likeness (QED) is 0.296. The highest BCUT2D eigenvalue weighted by Crippen LogP contribution is 2.17. The number of unbranched alkanes of at least 4 members (excludes halogenated alkanes) is 5. The number of oxazole rings is 1. The van der Waals surface area contributed by atoms with Crippen LogP contribution in [0, 0.1) is 6.92 Å². The van der Waals surface area contributed by atoms with Crippen LogP contribution in [0.25, 0.3) is 11.1 Å². The van der Waals surface area contributed by atoms with Gasteiger partial charge in [0.05, 0.1) is 0 Å². The number of fused-ring (bicyclic) bond motifs is 1. The van der Waals surface area contributed by atoms with Crippen LogP contribution >= 0.6 is 0 Å². The van der Waals surface area contributed by atoms with Crippen LogP contribution in [0.4, 0.5) is 0 Å². The van der Waals surface area contributed by atoms with E-state index in [1.165, 1.54) is 24.8 Å². The molecule has 0 spiro atoms. The Balaban J connectivity index is 1.51. The molecule has 0 aliphatic heterocycles. The van der Waals surface area contributed by atoms with Gasteiger partial charge in [-0.1, -0.05) is 44.4 Å². The van der Waals surface area contributed by atoms with Crippen molar-refractivity contribution >= 4 is 16.9 Å². The van der Waals surface area contributed by atoms with E-state index in [1.807, 2.05) is 13.0 Å². The lowest BCUT2D eigenvalue weighted by Gasteiger charge is -2.00. The molecule has 0 radical (unpaired) electrons. The van der Waals surface area contributed by atoms with Gasteiger partial charge in [-0.25, -0.2) is 4.98 Å². The van der Waals surface area contributed by atoms with Crippen LogP contribution in [0.2, 0.25) is 0 Å². The standard InChI is InChI=1S/C23H33NO2/c1-3-4-14-21(25)15-12-10-8-6-5-7-9-11-13-20-16-17-23-22(18-20)24-19(2)26-23/h7,9,16-18H,3-6,8,10-15H2,1-2H3. The fraction of sp³-hybridized carbons (Fsp3) is 0.565. The van der Waals surface area contributed by atoms with E-state index in [4.69, 9.17) is 4.42 Å². The first-order valence-corrected chi connectivity index (χ1v) is 10.2. The molecule has 1 heterocycles. The Kier molecular flexibility index (Phi) is 9.16. The molecule has 0 atom stereocenters. The number of hydrogen-bond donors (Lipinski definition) is 0. The van der Waals surface area contributed by atoms with Gasteiger partial charge in [0.25, 0.3) is 0 Å². The minimum absolute atomic E-state index is 0.450. The number of aryl methyl sites for hydroxylation is 2. The van der Waals surface area contributed by atoms with E-state index in [0.29, 0.717) is 5.78 Å². The molecule has 0 aliphatic carbocycles. The molecule has 3 nitrogen and oxygen atoms in total. The summed E-state index contributed by atoms with van der Waals surface area (Å²) in [6.07, 6.45) is 16.3. The van der Waals surface area contributed by atoms with Crippen LogP contribution in [0.3, 0.4) is 0 Å². The minimum Gasteiger partial charge on any atom is -0.441 e. The van der Waals surface area contributed by atoms with Crippen molar-refractivity contribution < 1.29 is 9.21 Å². The predicted molar refractivity (Wildman–Crippen MR) is 108 cm³/mol. The third kappa shape index (κ3) is 7.55. The number of ketones is 1. The van der Waals surface area contributed by atoms with Crippen molar-refractivity contribution in [1.29, 1.82) is 0 Å². The molecule has 0 saturated heterocycles. The molecule has 0 N–H and O–H groups in total. The normalized spacial score (nSPS) is 11.6. The van der Waals surface area contributed by atoms with Gasteiger partial charge >= 0.3 is 0 Å². The van der Waals surface area contributed by atoms with Gasteiger partial charge in [0.15, 0.2) is 11.5 Å². The second-order valence-electron chi connectivity index (χ2n) is 7.14. The Labute approximate surface area is 157 Å². The Morgan fingerprint density at radius 3 is 2.65 bits per heavy atom. The maximum absolute atomic E-state index is 11.6. The van der Waals surface area contributed by atoms with E-state index >= 15 is 0 Å². The zero-order valence-corrected chi connectivity index (χ0v) is 16.4. The lowest BCUT2D eigenvalue weighted by atomic mass is 10.1. The molecule has 1 aromatic heterocycles. The van der Waals surface area contributed by atoms with E-state index < -0.39 is 0 Å². The van der Waals surface area contributed by atoms with Crippen LogP contribution in [-0.2, 0) is 11.2 Å². The monoisotopic (exact) mass is 355 g/mol. The summed E-state index contributed by atoms with van der Waals surface area (Å²) in [6.45, 7) is 4.02. The fourth-order valence-electron chi connectivity index (χ4n) is 3.17. The Morgan fingerprint density at radius 1 is 1.04 bits per heavy atom. The first-order valence-electron chi connectivity index (χ1n) is 10.2. The topological polar surface area (TPSA) is 43.1 Å². The van der Waals surface area contributed by atoms with Crippen LogP contribution in [0.15, 0.2) is 34.8 Å². The van der Waals surface area contributed by atoms with Gasteiger partial charge in [0.1, 0.15) is 11.3 Å². The zero-order valence-electron chi connectivity index (χ0n) is 16.4. The molecule has 2 rings (SSSR count). The predicted octanol–water partition coefficient (Wildman–Crippen LogP) is 6.72. The van der Waals surface area contributed by atoms with Crippen molar-refractivity contribution in [2.75, 3.05) is 0 Å². The number of allylic oxidation sites excluding steroid dienone is 2. The molecule has 0 saturated carbocycles. The highest BCUT2D eigenvalue weighted by molar-refractivity contribution is 5.78. The average molecular weight is 356 g/mol. The van der Waals surface area contributed by atoms with Gasteiger partial charge in [0.2, 0.25) is 0 Å². The van der Waals surface area contributed by atoms with Crippen molar-refractivity contribution in [3.05, 3.63) is 41.8 Å². The smallest absolute Gasteiger partial charge is 0.192 e. The van der Waals surface area contributed by atoms with E-state index in [9.17, 15) is 4.79 Å². The van der Waals surface area contributed by atoms with Crippen LogP contribution in [-0.4, -0.2) is 10.8 Å². The number of rotatable bonds is 13. The largest absolute Gasteiger partial charge is 0.441 e. The first-order chi connectivity index (χ1) is 12.7. The molecule has 2 aromatic rings. The second kappa shape index (κ2) is 11.7. The number of hydrogen-bond acceptors (Lipinski definition) is 3. The molecule has 1 aromatic carbocycles. The fourth-order valence-corrected chi connectivity index (χ4v) is 3.17.